The Morgan fingerprint density at radius 3 is 2.59 bits per heavy atom. The number of nitrogens with one attached hydrogen (secondary N) is 2. The Labute approximate surface area is 164 Å². The van der Waals surface area contributed by atoms with Gasteiger partial charge in [-0.15, -0.1) is 0 Å². The van der Waals surface area contributed by atoms with Crippen molar-refractivity contribution in [3.63, 3.8) is 0 Å². The molecule has 2 aromatic rings. The fraction of sp³-hybridized carbons (Fsp3) is 0.333. The molecule has 27 heavy (non-hydrogen) atoms. The molecule has 1 aliphatic rings. The molecule has 0 bridgehead atoms. The number of nitrogens with zero attached hydrogens (tertiary/aromatic N) is 1. The van der Waals surface area contributed by atoms with E-state index in [2.05, 4.69) is 10.6 Å². The highest BCUT2D eigenvalue weighted by Crippen LogP contribution is 2.22. The second-order valence-electron chi connectivity index (χ2n) is 6.76. The molecule has 0 saturated carbocycles. The summed E-state index contributed by atoms with van der Waals surface area (Å²) in [7, 11) is 0. The summed E-state index contributed by atoms with van der Waals surface area (Å²) in [5, 5.41) is 6.67. The van der Waals surface area contributed by atoms with Crippen LogP contribution in [0.4, 0.5) is 0 Å². The summed E-state index contributed by atoms with van der Waals surface area (Å²) < 4.78 is 0. The summed E-state index contributed by atoms with van der Waals surface area (Å²) in [6.07, 6.45) is 0.213. The van der Waals surface area contributed by atoms with Crippen LogP contribution in [-0.2, 0) is 4.79 Å². The normalized spacial score (nSPS) is 18.0. The van der Waals surface area contributed by atoms with Crippen molar-refractivity contribution < 1.29 is 9.59 Å². The number of halogens is 1. The minimum atomic E-state index is -0.412. The van der Waals surface area contributed by atoms with Crippen LogP contribution in [0.3, 0.4) is 0 Å². The predicted molar refractivity (Wildman–Crippen MR) is 107 cm³/mol. The number of hydrogen-bond acceptors (Lipinski definition) is 3. The van der Waals surface area contributed by atoms with E-state index < -0.39 is 6.04 Å². The third kappa shape index (κ3) is 4.87. The molecule has 2 aromatic carbocycles. The van der Waals surface area contributed by atoms with Gasteiger partial charge in [0.25, 0.3) is 5.91 Å². The summed E-state index contributed by atoms with van der Waals surface area (Å²) in [4.78, 5) is 27.5. The standard InChI is InChI=1S/C21H24ClN3O2/c1-15-14-23-11-12-25(15)20(26)13-19(16-7-3-2-4-8-16)24-21(27)17-9-5-6-10-18(17)22/h2-10,15,19,23H,11-14H2,1H3,(H,24,27). The maximum atomic E-state index is 12.9. The van der Waals surface area contributed by atoms with Crippen LogP contribution < -0.4 is 10.6 Å². The number of carbonyl (C=O) groups is 2. The van der Waals surface area contributed by atoms with Gasteiger partial charge in [0, 0.05) is 25.7 Å². The molecule has 0 spiro atoms. The molecule has 2 N–H and O–H groups in total. The SMILES string of the molecule is CC1CNCCN1C(=O)CC(NC(=O)c1ccccc1Cl)c1ccccc1. The summed E-state index contributed by atoms with van der Waals surface area (Å²) in [6.45, 7) is 4.29. The first-order valence-corrected chi connectivity index (χ1v) is 9.54. The van der Waals surface area contributed by atoms with E-state index in [0.29, 0.717) is 17.1 Å². The smallest absolute Gasteiger partial charge is 0.253 e. The Morgan fingerprint density at radius 1 is 1.19 bits per heavy atom. The van der Waals surface area contributed by atoms with Crippen LogP contribution in [0, 0.1) is 0 Å². The second-order valence-corrected chi connectivity index (χ2v) is 7.17. The summed E-state index contributed by atoms with van der Waals surface area (Å²) in [5.41, 5.74) is 1.30. The maximum absolute atomic E-state index is 12.9. The van der Waals surface area contributed by atoms with Crippen molar-refractivity contribution in [3.8, 4) is 0 Å². The molecule has 2 unspecified atom stereocenters. The molecule has 5 nitrogen and oxygen atoms in total. The number of carbonyl (C=O) groups excluding carboxylic acids is 2. The molecule has 6 heteroatoms. The van der Waals surface area contributed by atoms with Gasteiger partial charge in [0.05, 0.1) is 23.0 Å². The topological polar surface area (TPSA) is 61.4 Å². The molecule has 0 radical (unpaired) electrons. The molecule has 2 atom stereocenters. The first-order chi connectivity index (χ1) is 13.1. The van der Waals surface area contributed by atoms with Crippen molar-refractivity contribution in [1.29, 1.82) is 0 Å². The minimum absolute atomic E-state index is 0.0392. The number of piperazine rings is 1. The van der Waals surface area contributed by atoms with Crippen LogP contribution in [0.1, 0.15) is 35.3 Å². The summed E-state index contributed by atoms with van der Waals surface area (Å²) in [5.74, 6) is -0.243. The van der Waals surface area contributed by atoms with Crippen LogP contribution in [0.25, 0.3) is 0 Å². The van der Waals surface area contributed by atoms with Crippen molar-refractivity contribution in [2.24, 2.45) is 0 Å². The minimum Gasteiger partial charge on any atom is -0.345 e. The molecular formula is C21H24ClN3O2. The van der Waals surface area contributed by atoms with Gasteiger partial charge in [-0.1, -0.05) is 54.1 Å². The number of hydrogen-bond donors (Lipinski definition) is 2. The zero-order chi connectivity index (χ0) is 19.2. The quantitative estimate of drug-likeness (QED) is 0.831. The highest BCUT2D eigenvalue weighted by Gasteiger charge is 2.27. The summed E-state index contributed by atoms with van der Waals surface area (Å²) in [6, 6.07) is 16.2. The molecule has 142 valence electrons. The van der Waals surface area contributed by atoms with Crippen molar-refractivity contribution in [1.82, 2.24) is 15.5 Å². The number of benzene rings is 2. The van der Waals surface area contributed by atoms with Gasteiger partial charge in [0.15, 0.2) is 0 Å². The third-order valence-corrected chi connectivity index (χ3v) is 5.16. The van der Waals surface area contributed by atoms with E-state index in [-0.39, 0.29) is 24.3 Å². The van der Waals surface area contributed by atoms with Gasteiger partial charge in [-0.05, 0) is 24.6 Å². The van der Waals surface area contributed by atoms with Crippen molar-refractivity contribution in [3.05, 3.63) is 70.7 Å². The Kier molecular flexibility index (Phi) is 6.48. The lowest BCUT2D eigenvalue weighted by molar-refractivity contribution is -0.134. The highest BCUT2D eigenvalue weighted by molar-refractivity contribution is 6.33. The average Bonchev–Trinajstić information content (AvgIpc) is 2.68. The molecule has 1 saturated heterocycles. The van der Waals surface area contributed by atoms with Gasteiger partial charge in [-0.3, -0.25) is 9.59 Å². The fourth-order valence-electron chi connectivity index (χ4n) is 3.32. The van der Waals surface area contributed by atoms with Gasteiger partial charge >= 0.3 is 0 Å². The Morgan fingerprint density at radius 2 is 1.89 bits per heavy atom. The van der Waals surface area contributed by atoms with E-state index in [9.17, 15) is 9.59 Å². The van der Waals surface area contributed by atoms with E-state index >= 15 is 0 Å². The molecule has 0 aromatic heterocycles. The lowest BCUT2D eigenvalue weighted by Crippen LogP contribution is -2.52. The van der Waals surface area contributed by atoms with E-state index in [0.717, 1.165) is 18.7 Å². The molecule has 0 aliphatic carbocycles. The number of rotatable bonds is 5. The van der Waals surface area contributed by atoms with E-state index in [4.69, 9.17) is 11.6 Å². The lowest BCUT2D eigenvalue weighted by atomic mass is 10.0. The zero-order valence-corrected chi connectivity index (χ0v) is 16.1. The first kappa shape index (κ1) is 19.4. The fourth-order valence-corrected chi connectivity index (χ4v) is 3.54. The van der Waals surface area contributed by atoms with E-state index in [1.165, 1.54) is 0 Å². The Bertz CT molecular complexity index is 797. The maximum Gasteiger partial charge on any atom is 0.253 e. The molecule has 3 rings (SSSR count). The second kappa shape index (κ2) is 9.02. The predicted octanol–water partition coefficient (Wildman–Crippen LogP) is 3.02. The Hall–Kier alpha value is -2.37. The van der Waals surface area contributed by atoms with Gasteiger partial charge in [0.1, 0.15) is 0 Å². The lowest BCUT2D eigenvalue weighted by Gasteiger charge is -2.35. The zero-order valence-electron chi connectivity index (χ0n) is 15.3. The van der Waals surface area contributed by atoms with Crippen LogP contribution in [0.2, 0.25) is 5.02 Å². The number of amides is 2. The molecule has 2 amide bonds. The monoisotopic (exact) mass is 385 g/mol. The largest absolute Gasteiger partial charge is 0.345 e. The van der Waals surface area contributed by atoms with Crippen LogP contribution in [0.5, 0.6) is 0 Å². The van der Waals surface area contributed by atoms with Crippen molar-refractivity contribution in [2.75, 3.05) is 19.6 Å². The van der Waals surface area contributed by atoms with Crippen LogP contribution >= 0.6 is 11.6 Å². The van der Waals surface area contributed by atoms with Gasteiger partial charge < -0.3 is 15.5 Å². The molecule has 1 fully saturated rings. The van der Waals surface area contributed by atoms with Crippen LogP contribution in [-0.4, -0.2) is 42.4 Å². The molecule has 1 heterocycles. The van der Waals surface area contributed by atoms with E-state index in [1.54, 1.807) is 24.3 Å². The average molecular weight is 386 g/mol. The molecular weight excluding hydrogens is 362 g/mol. The van der Waals surface area contributed by atoms with Crippen molar-refractivity contribution >= 4 is 23.4 Å². The third-order valence-electron chi connectivity index (χ3n) is 4.83. The van der Waals surface area contributed by atoms with Crippen LogP contribution in [0.15, 0.2) is 54.6 Å². The van der Waals surface area contributed by atoms with E-state index in [1.807, 2.05) is 42.2 Å². The van der Waals surface area contributed by atoms with Gasteiger partial charge in [-0.25, -0.2) is 0 Å². The summed E-state index contributed by atoms with van der Waals surface area (Å²) >= 11 is 6.15. The van der Waals surface area contributed by atoms with Crippen molar-refractivity contribution in [2.45, 2.75) is 25.4 Å². The van der Waals surface area contributed by atoms with Gasteiger partial charge in [-0.2, -0.15) is 0 Å². The van der Waals surface area contributed by atoms with Gasteiger partial charge in [0.2, 0.25) is 5.91 Å². The Balaban J connectivity index is 1.78. The first-order valence-electron chi connectivity index (χ1n) is 9.17. The molecule has 1 aliphatic heterocycles. The highest BCUT2D eigenvalue weighted by atomic mass is 35.5.